The molecule has 3 aromatic rings. The number of ether oxygens (including phenoxy) is 3. The van der Waals surface area contributed by atoms with Crippen molar-refractivity contribution in [2.45, 2.75) is 130 Å². The molecule has 0 spiro atoms. The largest absolute Gasteiger partial charge is 3.00 e. The van der Waals surface area contributed by atoms with E-state index in [2.05, 4.69) is 122 Å². The maximum absolute atomic E-state index is 11.3. The standard InChI is InChI=1S/C37H50N2O3.2C4H8O.4CO.Co.Cr/c1-34(2,3)25-16-23(32(40)28(18-25)36(7,8)9)21-38-30-15-14-27(42-13)20-31(30)39-22-24-17-26(35(4,5)6)19-29(33(24)41)37(10,11)12;2*1-2-4-5-3-1;4*1-2;;/h14-22,40-41H,1-13H3;2*1-4H2;;;;;;/q;;;;;;;2*+3. The van der Waals surface area contributed by atoms with Crippen molar-refractivity contribution in [2.24, 2.45) is 9.98 Å². The summed E-state index contributed by atoms with van der Waals surface area (Å²) in [6.45, 7) is 47.6. The quantitative estimate of drug-likeness (QED) is 0.147. The zero-order valence-corrected chi connectivity index (χ0v) is 41.1. The average Bonchev–Trinajstić information content (AvgIpc) is 4.00. The van der Waals surface area contributed by atoms with Crippen molar-refractivity contribution >= 4 is 23.8 Å². The smallest absolute Gasteiger partial charge is 3.00 e. The molecule has 2 heterocycles. The van der Waals surface area contributed by atoms with Gasteiger partial charge in [-0.15, -0.1) is 0 Å². The number of aliphatic imine (C=N–C) groups is 2. The van der Waals surface area contributed by atoms with Crippen LogP contribution in [0.15, 0.2) is 52.4 Å². The van der Waals surface area contributed by atoms with Crippen LogP contribution in [0.3, 0.4) is 0 Å². The van der Waals surface area contributed by atoms with Crippen molar-refractivity contribution in [2.75, 3.05) is 33.5 Å². The zero-order chi connectivity index (χ0) is 46.9. The van der Waals surface area contributed by atoms with Gasteiger partial charge in [-0.1, -0.05) is 95.2 Å². The van der Waals surface area contributed by atoms with Gasteiger partial charge in [0.15, 0.2) is 0 Å². The number of hydrogen-bond acceptors (Lipinski definition) is 7. The van der Waals surface area contributed by atoms with Crippen molar-refractivity contribution in [1.29, 1.82) is 0 Å². The Labute approximate surface area is 392 Å². The number of aromatic hydroxyl groups is 2. The van der Waals surface area contributed by atoms with Crippen molar-refractivity contribution in [3.8, 4) is 17.2 Å². The van der Waals surface area contributed by atoms with E-state index in [1.807, 2.05) is 30.3 Å². The number of methoxy groups -OCH3 is 1. The van der Waals surface area contributed by atoms with Gasteiger partial charge in [-0.2, -0.15) is 0 Å². The third-order valence-corrected chi connectivity index (χ3v) is 9.15. The summed E-state index contributed by atoms with van der Waals surface area (Å²) < 4.78 is 45.4. The molecule has 2 N–H and O–H groups in total. The Bertz CT molecular complexity index is 1830. The van der Waals surface area contributed by atoms with Gasteiger partial charge in [0.25, 0.3) is 0 Å². The maximum atomic E-state index is 11.3. The Kier molecular flexibility index (Phi) is 33.6. The Morgan fingerprint density at radius 1 is 0.532 bits per heavy atom. The summed E-state index contributed by atoms with van der Waals surface area (Å²) in [5, 5.41) is 22.5. The summed E-state index contributed by atoms with van der Waals surface area (Å²) in [6, 6.07) is 13.7. The molecule has 0 atom stereocenters. The van der Waals surface area contributed by atoms with E-state index >= 15 is 0 Å². The second-order valence-electron chi connectivity index (χ2n) is 17.9. The average molecular weight is 938 g/mol. The molecule has 0 bridgehead atoms. The van der Waals surface area contributed by atoms with E-state index < -0.39 is 0 Å². The number of rotatable bonds is 5. The topological polar surface area (TPSA) is 172 Å². The van der Waals surface area contributed by atoms with Crippen molar-refractivity contribution in [3.05, 3.63) is 102 Å². The van der Waals surface area contributed by atoms with Crippen LogP contribution < -0.4 is 4.74 Å². The molecular formula is C49H66CoCrN2O9+6. The molecule has 5 rings (SSSR count). The minimum absolute atomic E-state index is 0. The fourth-order valence-electron chi connectivity index (χ4n) is 5.66. The van der Waals surface area contributed by atoms with E-state index in [9.17, 15) is 10.2 Å². The fourth-order valence-corrected chi connectivity index (χ4v) is 5.66. The normalized spacial score (nSPS) is 13.0. The van der Waals surface area contributed by atoms with Crippen molar-refractivity contribution in [3.63, 3.8) is 0 Å². The summed E-state index contributed by atoms with van der Waals surface area (Å²) in [5.41, 5.74) is 5.85. The van der Waals surface area contributed by atoms with Crippen LogP contribution in [0.2, 0.25) is 0 Å². The summed E-state index contributed by atoms with van der Waals surface area (Å²) in [6.07, 6.45) is 8.51. The number of phenols is 2. The molecule has 0 aliphatic carbocycles. The van der Waals surface area contributed by atoms with Gasteiger partial charge in [-0.25, -0.2) is 0 Å². The molecule has 2 aliphatic heterocycles. The molecule has 0 saturated carbocycles. The number of hydrogen-bond donors (Lipinski definition) is 2. The first-order chi connectivity index (χ1) is 28.1. The van der Waals surface area contributed by atoms with Crippen LogP contribution in [-0.4, -0.2) is 56.2 Å². The van der Waals surface area contributed by atoms with Crippen LogP contribution in [-0.2, 0) is 83.9 Å². The number of nitrogens with zero attached hydrogens (tertiary/aromatic N) is 2. The van der Waals surface area contributed by atoms with Crippen molar-refractivity contribution in [1.82, 2.24) is 0 Å². The number of phenolic OH excluding ortho intramolecular Hbond substituents is 2. The predicted octanol–water partition coefficient (Wildman–Crippen LogP) is 11.2. The van der Waals surface area contributed by atoms with Crippen LogP contribution in [0, 0.1) is 26.6 Å². The molecule has 1 radical (unpaired) electrons. The second kappa shape index (κ2) is 32.0. The first-order valence-electron chi connectivity index (χ1n) is 19.6. The van der Waals surface area contributed by atoms with Crippen molar-refractivity contribution < 1.29 is 77.2 Å². The van der Waals surface area contributed by atoms with Gasteiger partial charge in [0, 0.05) is 67.2 Å². The first kappa shape index (κ1) is 64.9. The van der Waals surface area contributed by atoms with Gasteiger partial charge in [0.1, 0.15) is 17.2 Å². The molecule has 0 aromatic heterocycles. The van der Waals surface area contributed by atoms with E-state index in [0.29, 0.717) is 28.3 Å². The van der Waals surface area contributed by atoms with Crippen LogP contribution in [0.25, 0.3) is 0 Å². The van der Waals surface area contributed by atoms with Gasteiger partial charge in [0.2, 0.25) is 0 Å². The third-order valence-electron chi connectivity index (χ3n) is 9.15. The van der Waals surface area contributed by atoms with E-state index in [1.165, 1.54) is 25.7 Å². The van der Waals surface area contributed by atoms with Gasteiger partial charge in [0.05, 0.1) is 18.5 Å². The summed E-state index contributed by atoms with van der Waals surface area (Å²) in [7, 11) is 1.62. The van der Waals surface area contributed by atoms with E-state index in [4.69, 9.17) is 42.8 Å². The SMILES string of the molecule is C1CCOC1.C1CCOC1.COc1ccc(N=Cc2cc(C(C)(C)C)cc(C(C)(C)C)c2O)c(N=Cc2cc(C(C)(C)C)cc(C(C)(C)C)c2O)c1.[C-]#[O+].[C-]#[O+].[C-]#[O+].[C-]#[O+].[Co+3].[Cr+3]. The minimum atomic E-state index is -0.241. The van der Waals surface area contributed by atoms with Gasteiger partial charge >= 0.3 is 79.4 Å². The van der Waals surface area contributed by atoms with E-state index in [0.717, 1.165) is 48.7 Å². The molecule has 0 amide bonds. The third kappa shape index (κ3) is 22.6. The fraction of sp³-hybridized carbons (Fsp3) is 0.510. The Balaban J connectivity index is -0.000000708. The van der Waals surface area contributed by atoms with Crippen LogP contribution >= 0.6 is 0 Å². The van der Waals surface area contributed by atoms with Crippen LogP contribution in [0.4, 0.5) is 11.4 Å². The molecule has 2 aliphatic rings. The molecule has 11 nitrogen and oxygen atoms in total. The molecule has 335 valence electrons. The van der Waals surface area contributed by atoms with Crippen LogP contribution in [0.1, 0.15) is 142 Å². The molecule has 2 fully saturated rings. The van der Waals surface area contributed by atoms with Gasteiger partial charge in [-0.05, 0) is 82.7 Å². The minimum Gasteiger partial charge on any atom is 3.00 e. The first-order valence-corrected chi connectivity index (χ1v) is 19.6. The molecular weight excluding hydrogens is 871 g/mol. The summed E-state index contributed by atoms with van der Waals surface area (Å²) in [4.78, 5) is 9.59. The maximum Gasteiger partial charge on any atom is 3.00 e. The van der Waals surface area contributed by atoms with Crippen LogP contribution in [0.5, 0.6) is 17.2 Å². The van der Waals surface area contributed by atoms with E-state index in [-0.39, 0.29) is 67.3 Å². The Morgan fingerprint density at radius 2 is 0.855 bits per heavy atom. The summed E-state index contributed by atoms with van der Waals surface area (Å²) in [5.74, 6) is 1.11. The molecule has 0 unspecified atom stereocenters. The summed E-state index contributed by atoms with van der Waals surface area (Å²) >= 11 is 0. The molecule has 13 heteroatoms. The molecule has 2 saturated heterocycles. The second-order valence-corrected chi connectivity index (χ2v) is 17.9. The monoisotopic (exact) mass is 937 g/mol. The Hall–Kier alpha value is -3.68. The number of benzene rings is 3. The van der Waals surface area contributed by atoms with E-state index in [1.54, 1.807) is 19.5 Å². The molecule has 3 aromatic carbocycles. The van der Waals surface area contributed by atoms with Gasteiger partial charge in [-0.3, -0.25) is 9.98 Å². The Morgan fingerprint density at radius 3 is 1.11 bits per heavy atom. The van der Waals surface area contributed by atoms with Gasteiger partial charge < -0.3 is 24.4 Å². The predicted molar refractivity (Wildman–Crippen MR) is 234 cm³/mol. The zero-order valence-electron chi connectivity index (χ0n) is 38.7. The molecule has 62 heavy (non-hydrogen) atoms.